The number of hydrogen-bond donors (Lipinski definition) is 2. The minimum Gasteiger partial charge on any atom is -0.506 e. The van der Waals surface area contributed by atoms with Gasteiger partial charge in [-0.2, -0.15) is 0 Å². The molecule has 1 aliphatic heterocycles. The van der Waals surface area contributed by atoms with Crippen LogP contribution in [-0.2, 0) is 11.2 Å². The summed E-state index contributed by atoms with van der Waals surface area (Å²) in [6, 6.07) is 20.4. The summed E-state index contributed by atoms with van der Waals surface area (Å²) in [4.78, 5) is 33.7. The highest BCUT2D eigenvalue weighted by Crippen LogP contribution is 2.44. The molecule has 6 nitrogen and oxygen atoms in total. The molecule has 5 rings (SSSR count). The van der Waals surface area contributed by atoms with Gasteiger partial charge >= 0.3 is 0 Å². The summed E-state index contributed by atoms with van der Waals surface area (Å²) in [5.41, 5.74) is 3.41. The third kappa shape index (κ3) is 4.41. The van der Waals surface area contributed by atoms with E-state index >= 15 is 0 Å². The fourth-order valence-electron chi connectivity index (χ4n) is 4.44. The summed E-state index contributed by atoms with van der Waals surface area (Å²) < 4.78 is 0. The third-order valence-corrected chi connectivity index (χ3v) is 7.89. The molecule has 2 N–H and O–H groups in total. The van der Waals surface area contributed by atoms with E-state index in [0.717, 1.165) is 17.5 Å². The number of hydrogen-bond acceptors (Lipinski definition) is 6. The number of thiazole rings is 1. The van der Waals surface area contributed by atoms with E-state index in [4.69, 9.17) is 11.6 Å². The SMILES string of the molecule is CCc1ccc(N2C(=O)C(O)=C(C(=O)c3sc(-c4ccccc4)nc3C)C2c2ccc(O)c(Cl)c2)cc1. The quantitative estimate of drug-likeness (QED) is 0.267. The predicted molar refractivity (Wildman–Crippen MR) is 145 cm³/mol. The Morgan fingerprint density at radius 3 is 2.41 bits per heavy atom. The van der Waals surface area contributed by atoms with Crippen LogP contribution >= 0.6 is 22.9 Å². The molecular weight excluding hydrogens is 508 g/mol. The van der Waals surface area contributed by atoms with Gasteiger partial charge in [0, 0.05) is 11.3 Å². The first-order chi connectivity index (χ1) is 17.8. The van der Waals surface area contributed by atoms with Crippen LogP contribution in [0, 0.1) is 6.92 Å². The molecule has 0 bridgehead atoms. The molecule has 8 heteroatoms. The number of aryl methyl sites for hydroxylation is 2. The Morgan fingerprint density at radius 1 is 1.05 bits per heavy atom. The van der Waals surface area contributed by atoms with Crippen molar-refractivity contribution >= 4 is 40.3 Å². The number of aromatic hydroxyl groups is 1. The zero-order chi connectivity index (χ0) is 26.3. The van der Waals surface area contributed by atoms with Gasteiger partial charge in [0.15, 0.2) is 5.76 Å². The Kier molecular flexibility index (Phi) is 6.58. The largest absolute Gasteiger partial charge is 0.506 e. The second kappa shape index (κ2) is 9.84. The first kappa shape index (κ1) is 24.7. The first-order valence-corrected chi connectivity index (χ1v) is 12.9. The number of rotatable bonds is 6. The van der Waals surface area contributed by atoms with E-state index in [1.54, 1.807) is 25.1 Å². The van der Waals surface area contributed by atoms with E-state index in [-0.39, 0.29) is 16.3 Å². The second-order valence-electron chi connectivity index (χ2n) is 8.70. The van der Waals surface area contributed by atoms with Crippen molar-refractivity contribution in [2.75, 3.05) is 4.90 Å². The molecule has 0 fully saturated rings. The van der Waals surface area contributed by atoms with Gasteiger partial charge in [0.25, 0.3) is 5.91 Å². The number of amides is 1. The minimum absolute atomic E-state index is 0.0577. The average molecular weight is 531 g/mol. The third-order valence-electron chi connectivity index (χ3n) is 6.39. The molecule has 0 saturated heterocycles. The lowest BCUT2D eigenvalue weighted by Crippen LogP contribution is -2.31. The number of carbonyl (C=O) groups excluding carboxylic acids is 2. The summed E-state index contributed by atoms with van der Waals surface area (Å²) in [6.07, 6.45) is 0.826. The lowest BCUT2D eigenvalue weighted by molar-refractivity contribution is -0.117. The highest BCUT2D eigenvalue weighted by atomic mass is 35.5. The number of aromatic nitrogens is 1. The molecule has 186 valence electrons. The van der Waals surface area contributed by atoms with Crippen molar-refractivity contribution in [1.29, 1.82) is 0 Å². The van der Waals surface area contributed by atoms with Crippen LogP contribution in [0.5, 0.6) is 5.75 Å². The summed E-state index contributed by atoms with van der Waals surface area (Å²) in [6.45, 7) is 3.76. The van der Waals surface area contributed by atoms with Crippen LogP contribution in [-0.4, -0.2) is 26.9 Å². The van der Waals surface area contributed by atoms with Crippen LogP contribution in [0.1, 0.15) is 39.5 Å². The van der Waals surface area contributed by atoms with Gasteiger partial charge in [-0.05, 0) is 48.7 Å². The number of phenolic OH excluding ortho intramolecular Hbond substituents is 1. The molecule has 0 spiro atoms. The number of nitrogens with zero attached hydrogens (tertiary/aromatic N) is 2. The molecule has 0 radical (unpaired) electrons. The van der Waals surface area contributed by atoms with Gasteiger partial charge in [-0.1, -0.05) is 67.1 Å². The van der Waals surface area contributed by atoms with Gasteiger partial charge in [-0.25, -0.2) is 4.98 Å². The molecular formula is C29H23ClN2O4S. The van der Waals surface area contributed by atoms with Gasteiger partial charge in [0.05, 0.1) is 27.2 Å². The average Bonchev–Trinajstić information content (AvgIpc) is 3.43. The molecule has 2 heterocycles. The van der Waals surface area contributed by atoms with Gasteiger partial charge in [0.1, 0.15) is 10.8 Å². The van der Waals surface area contributed by atoms with E-state index in [9.17, 15) is 19.8 Å². The number of halogens is 1. The monoisotopic (exact) mass is 530 g/mol. The minimum atomic E-state index is -0.952. The maximum atomic E-state index is 14.0. The zero-order valence-electron chi connectivity index (χ0n) is 20.1. The van der Waals surface area contributed by atoms with Crippen LogP contribution in [0.15, 0.2) is 84.1 Å². The maximum absolute atomic E-state index is 14.0. The van der Waals surface area contributed by atoms with Crippen LogP contribution in [0.4, 0.5) is 5.69 Å². The Hall–Kier alpha value is -3.94. The summed E-state index contributed by atoms with van der Waals surface area (Å²) >= 11 is 7.43. The number of carbonyl (C=O) groups is 2. The van der Waals surface area contributed by atoms with Crippen molar-refractivity contribution in [3.63, 3.8) is 0 Å². The molecule has 1 amide bonds. The highest BCUT2D eigenvalue weighted by Gasteiger charge is 2.45. The van der Waals surface area contributed by atoms with Crippen molar-refractivity contribution in [2.45, 2.75) is 26.3 Å². The number of aliphatic hydroxyl groups is 1. The number of benzene rings is 3. The van der Waals surface area contributed by atoms with Crippen molar-refractivity contribution in [2.24, 2.45) is 0 Å². The molecule has 4 aromatic rings. The highest BCUT2D eigenvalue weighted by molar-refractivity contribution is 7.17. The molecule has 3 aromatic carbocycles. The molecule has 1 unspecified atom stereocenters. The number of Topliss-reactive ketones (excluding diaryl/α,β-unsaturated/α-hetero) is 1. The fraction of sp³-hybridized carbons (Fsp3) is 0.138. The normalized spacial score (nSPS) is 15.5. The second-order valence-corrected chi connectivity index (χ2v) is 10.1. The maximum Gasteiger partial charge on any atom is 0.294 e. The van der Waals surface area contributed by atoms with E-state index in [0.29, 0.717) is 26.8 Å². The Morgan fingerprint density at radius 2 is 1.76 bits per heavy atom. The van der Waals surface area contributed by atoms with Crippen molar-refractivity contribution in [3.8, 4) is 16.3 Å². The van der Waals surface area contributed by atoms with Crippen molar-refractivity contribution < 1.29 is 19.8 Å². The number of ketones is 1. The Labute approximate surface area is 223 Å². The Balaban J connectivity index is 1.64. The first-order valence-electron chi connectivity index (χ1n) is 11.7. The van der Waals surface area contributed by atoms with Crippen molar-refractivity contribution in [1.82, 2.24) is 4.98 Å². The lowest BCUT2D eigenvalue weighted by Gasteiger charge is -2.27. The summed E-state index contributed by atoms with van der Waals surface area (Å²) in [7, 11) is 0. The van der Waals surface area contributed by atoms with Crippen LogP contribution in [0.25, 0.3) is 10.6 Å². The van der Waals surface area contributed by atoms with Crippen LogP contribution < -0.4 is 4.90 Å². The lowest BCUT2D eigenvalue weighted by atomic mass is 9.94. The van der Waals surface area contributed by atoms with Gasteiger partial charge in [0.2, 0.25) is 5.78 Å². The predicted octanol–water partition coefficient (Wildman–Crippen LogP) is 6.82. The topological polar surface area (TPSA) is 90.7 Å². The molecule has 37 heavy (non-hydrogen) atoms. The van der Waals surface area contributed by atoms with E-state index in [2.05, 4.69) is 4.98 Å². The number of anilines is 1. The molecule has 1 aromatic heterocycles. The Bertz CT molecular complexity index is 1540. The van der Waals surface area contributed by atoms with Gasteiger partial charge in [-0.3, -0.25) is 14.5 Å². The van der Waals surface area contributed by atoms with E-state index < -0.39 is 23.5 Å². The van der Waals surface area contributed by atoms with Gasteiger partial charge in [-0.15, -0.1) is 11.3 Å². The fourth-order valence-corrected chi connectivity index (χ4v) is 5.65. The summed E-state index contributed by atoms with van der Waals surface area (Å²) in [5.74, 6) is -1.91. The zero-order valence-corrected chi connectivity index (χ0v) is 21.7. The smallest absolute Gasteiger partial charge is 0.294 e. The number of phenols is 1. The van der Waals surface area contributed by atoms with Crippen LogP contribution in [0.3, 0.4) is 0 Å². The van der Waals surface area contributed by atoms with Crippen molar-refractivity contribution in [3.05, 3.63) is 111 Å². The molecule has 0 saturated carbocycles. The summed E-state index contributed by atoms with van der Waals surface area (Å²) in [5, 5.41) is 21.8. The molecule has 1 aliphatic rings. The van der Waals surface area contributed by atoms with E-state index in [1.807, 2.05) is 49.4 Å². The van der Waals surface area contributed by atoms with E-state index in [1.165, 1.54) is 28.4 Å². The van der Waals surface area contributed by atoms with Gasteiger partial charge < -0.3 is 10.2 Å². The standard InChI is InChI=1S/C29H23ClN2O4S/c1-3-17-9-12-20(13-10-17)32-24(19-11-14-22(33)21(30)15-19)23(26(35)29(32)36)25(34)27-16(2)31-28(37-27)18-7-5-4-6-8-18/h4-15,24,33,35H,3H2,1-2H3. The molecule has 0 aliphatic carbocycles. The molecule has 1 atom stereocenters. The number of aliphatic hydroxyl groups excluding tert-OH is 1. The van der Waals surface area contributed by atoms with Crippen LogP contribution in [0.2, 0.25) is 5.02 Å².